The van der Waals surface area contributed by atoms with E-state index < -0.39 is 0 Å². The number of aromatic amines is 1. The maximum Gasteiger partial charge on any atom is 0.117 e. The summed E-state index contributed by atoms with van der Waals surface area (Å²) in [6.45, 7) is 2.18. The number of benzene rings is 2. The van der Waals surface area contributed by atoms with Gasteiger partial charge in [-0.15, -0.1) is 0 Å². The van der Waals surface area contributed by atoms with E-state index in [1.807, 2.05) is 12.1 Å². The Balaban J connectivity index is 1.80. The summed E-state index contributed by atoms with van der Waals surface area (Å²) >= 11 is 0. The van der Waals surface area contributed by atoms with Crippen LogP contribution in [0.25, 0.3) is 11.0 Å². The molecule has 1 aliphatic carbocycles. The lowest BCUT2D eigenvalue weighted by atomic mass is 9.95. The van der Waals surface area contributed by atoms with Crippen molar-refractivity contribution in [3.63, 3.8) is 0 Å². The molecule has 3 aromatic rings. The van der Waals surface area contributed by atoms with Crippen molar-refractivity contribution in [2.45, 2.75) is 31.6 Å². The number of H-pyrrole nitrogens is 1. The first-order chi connectivity index (χ1) is 10.2. The SMILES string of the molecule is CCc1ccc2nc(C3(c4ccc(N)cc4)CC3)[nH]c2c1. The van der Waals surface area contributed by atoms with Gasteiger partial charge in [0.15, 0.2) is 0 Å². The van der Waals surface area contributed by atoms with Crippen LogP contribution in [0.5, 0.6) is 0 Å². The number of aromatic nitrogens is 2. The van der Waals surface area contributed by atoms with Gasteiger partial charge in [-0.1, -0.05) is 25.1 Å². The summed E-state index contributed by atoms with van der Waals surface area (Å²) in [5, 5.41) is 0. The van der Waals surface area contributed by atoms with Crippen LogP contribution in [0.15, 0.2) is 42.5 Å². The lowest BCUT2D eigenvalue weighted by molar-refractivity contribution is 0.779. The van der Waals surface area contributed by atoms with Crippen LogP contribution < -0.4 is 5.73 Å². The third-order valence-corrected chi connectivity index (χ3v) is 4.62. The zero-order valence-corrected chi connectivity index (χ0v) is 12.2. The number of anilines is 1. The number of imidazole rings is 1. The van der Waals surface area contributed by atoms with Crippen LogP contribution in [0.2, 0.25) is 0 Å². The molecule has 106 valence electrons. The number of nitrogen functional groups attached to an aromatic ring is 1. The molecule has 0 unspecified atom stereocenters. The fraction of sp³-hybridized carbons (Fsp3) is 0.278. The van der Waals surface area contributed by atoms with Gasteiger partial charge in [0.2, 0.25) is 0 Å². The van der Waals surface area contributed by atoms with Crippen LogP contribution in [0.4, 0.5) is 5.69 Å². The Morgan fingerprint density at radius 2 is 1.90 bits per heavy atom. The normalized spacial score (nSPS) is 16.2. The van der Waals surface area contributed by atoms with E-state index >= 15 is 0 Å². The number of nitrogens with two attached hydrogens (primary N) is 1. The fourth-order valence-corrected chi connectivity index (χ4v) is 3.09. The molecule has 3 nitrogen and oxygen atoms in total. The van der Waals surface area contributed by atoms with Gasteiger partial charge >= 0.3 is 0 Å². The van der Waals surface area contributed by atoms with Gasteiger partial charge in [-0.05, 0) is 54.7 Å². The number of nitrogens with zero attached hydrogens (tertiary/aromatic N) is 1. The van der Waals surface area contributed by atoms with Crippen molar-refractivity contribution in [2.24, 2.45) is 0 Å². The van der Waals surface area contributed by atoms with Gasteiger partial charge in [0.05, 0.1) is 16.4 Å². The molecule has 21 heavy (non-hydrogen) atoms. The Labute approximate surface area is 124 Å². The molecule has 0 bridgehead atoms. The Kier molecular flexibility index (Phi) is 2.58. The fourth-order valence-electron chi connectivity index (χ4n) is 3.09. The Morgan fingerprint density at radius 1 is 1.14 bits per heavy atom. The molecule has 2 aromatic carbocycles. The number of hydrogen-bond acceptors (Lipinski definition) is 2. The number of hydrogen-bond donors (Lipinski definition) is 2. The second kappa shape index (κ2) is 4.35. The molecule has 1 aliphatic rings. The molecule has 1 fully saturated rings. The molecular formula is C18H19N3. The van der Waals surface area contributed by atoms with Gasteiger partial charge < -0.3 is 10.7 Å². The third kappa shape index (κ3) is 1.92. The quantitative estimate of drug-likeness (QED) is 0.716. The van der Waals surface area contributed by atoms with E-state index in [4.69, 9.17) is 10.7 Å². The van der Waals surface area contributed by atoms with Crippen LogP contribution in [0.1, 0.15) is 36.7 Å². The number of rotatable bonds is 3. The highest BCUT2D eigenvalue weighted by atomic mass is 15.0. The number of fused-ring (bicyclic) bond motifs is 1. The highest BCUT2D eigenvalue weighted by Crippen LogP contribution is 2.52. The summed E-state index contributed by atoms with van der Waals surface area (Å²) in [7, 11) is 0. The van der Waals surface area contributed by atoms with Gasteiger partial charge in [0, 0.05) is 5.69 Å². The monoisotopic (exact) mass is 277 g/mol. The van der Waals surface area contributed by atoms with E-state index in [0.29, 0.717) is 0 Å². The molecule has 0 amide bonds. The van der Waals surface area contributed by atoms with Crippen molar-refractivity contribution in [3.05, 3.63) is 59.4 Å². The van der Waals surface area contributed by atoms with Crippen LogP contribution in [0.3, 0.4) is 0 Å². The Hall–Kier alpha value is -2.29. The summed E-state index contributed by atoms with van der Waals surface area (Å²) in [6, 6.07) is 14.7. The van der Waals surface area contributed by atoms with Gasteiger partial charge in [0.25, 0.3) is 0 Å². The highest BCUT2D eigenvalue weighted by Gasteiger charge is 2.48. The summed E-state index contributed by atoms with van der Waals surface area (Å²) < 4.78 is 0. The molecule has 0 spiro atoms. The molecule has 3 N–H and O–H groups in total. The molecular weight excluding hydrogens is 258 g/mol. The maximum atomic E-state index is 5.80. The molecule has 3 heteroatoms. The summed E-state index contributed by atoms with van der Waals surface area (Å²) in [5.74, 6) is 1.09. The molecule has 0 radical (unpaired) electrons. The molecule has 1 heterocycles. The van der Waals surface area contributed by atoms with Crippen molar-refractivity contribution < 1.29 is 0 Å². The van der Waals surface area contributed by atoms with E-state index in [2.05, 4.69) is 42.2 Å². The maximum absolute atomic E-state index is 5.80. The third-order valence-electron chi connectivity index (χ3n) is 4.62. The van der Waals surface area contributed by atoms with Gasteiger partial charge in [-0.2, -0.15) is 0 Å². The topological polar surface area (TPSA) is 54.7 Å². The van der Waals surface area contributed by atoms with Crippen LogP contribution in [0, 0.1) is 0 Å². The zero-order chi connectivity index (χ0) is 14.4. The molecule has 1 aromatic heterocycles. The second-order valence-corrected chi connectivity index (χ2v) is 5.99. The highest BCUT2D eigenvalue weighted by molar-refractivity contribution is 5.76. The second-order valence-electron chi connectivity index (χ2n) is 5.99. The molecule has 4 rings (SSSR count). The minimum atomic E-state index is 0.0685. The Bertz CT molecular complexity index is 795. The van der Waals surface area contributed by atoms with Crippen molar-refractivity contribution in [1.29, 1.82) is 0 Å². The van der Waals surface area contributed by atoms with Crippen molar-refractivity contribution in [1.82, 2.24) is 9.97 Å². The summed E-state index contributed by atoms with van der Waals surface area (Å²) in [4.78, 5) is 8.38. The number of nitrogens with one attached hydrogen (secondary N) is 1. The minimum absolute atomic E-state index is 0.0685. The lowest BCUT2D eigenvalue weighted by Crippen LogP contribution is -2.10. The summed E-state index contributed by atoms with van der Waals surface area (Å²) in [6.07, 6.45) is 3.35. The largest absolute Gasteiger partial charge is 0.399 e. The van der Waals surface area contributed by atoms with Crippen molar-refractivity contribution >= 4 is 16.7 Å². The molecule has 0 aliphatic heterocycles. The van der Waals surface area contributed by atoms with Gasteiger partial charge in [-0.3, -0.25) is 0 Å². The lowest BCUT2D eigenvalue weighted by Gasteiger charge is -2.12. The zero-order valence-electron chi connectivity index (χ0n) is 12.2. The average molecular weight is 277 g/mol. The van der Waals surface area contributed by atoms with Crippen LogP contribution in [-0.2, 0) is 11.8 Å². The first-order valence-corrected chi connectivity index (χ1v) is 7.56. The van der Waals surface area contributed by atoms with E-state index in [9.17, 15) is 0 Å². The summed E-state index contributed by atoms with van der Waals surface area (Å²) in [5.41, 5.74) is 11.5. The van der Waals surface area contributed by atoms with E-state index in [-0.39, 0.29) is 5.41 Å². The van der Waals surface area contributed by atoms with Gasteiger partial charge in [0.1, 0.15) is 5.82 Å². The molecule has 0 saturated heterocycles. The van der Waals surface area contributed by atoms with E-state index in [0.717, 1.165) is 41.8 Å². The smallest absolute Gasteiger partial charge is 0.117 e. The van der Waals surface area contributed by atoms with Crippen molar-refractivity contribution in [2.75, 3.05) is 5.73 Å². The predicted molar refractivity (Wildman–Crippen MR) is 86.3 cm³/mol. The first kappa shape index (κ1) is 12.5. The van der Waals surface area contributed by atoms with E-state index in [1.54, 1.807) is 0 Å². The molecule has 0 atom stereocenters. The first-order valence-electron chi connectivity index (χ1n) is 7.56. The average Bonchev–Trinajstić information content (AvgIpc) is 3.20. The standard InChI is InChI=1S/C18H19N3/c1-2-12-3-8-15-16(11-12)21-17(20-15)18(9-10-18)13-4-6-14(19)7-5-13/h3-8,11H,2,9-10,19H2,1H3,(H,20,21). The number of aryl methyl sites for hydroxylation is 1. The molecule has 1 saturated carbocycles. The Morgan fingerprint density at radius 3 is 2.57 bits per heavy atom. The predicted octanol–water partition coefficient (Wildman–Crippen LogP) is 3.79. The van der Waals surface area contributed by atoms with Crippen LogP contribution >= 0.6 is 0 Å². The van der Waals surface area contributed by atoms with Crippen molar-refractivity contribution in [3.8, 4) is 0 Å². The van der Waals surface area contributed by atoms with E-state index in [1.165, 1.54) is 11.1 Å². The van der Waals surface area contributed by atoms with Gasteiger partial charge in [-0.25, -0.2) is 4.98 Å². The minimum Gasteiger partial charge on any atom is -0.399 e. The van der Waals surface area contributed by atoms with Crippen LogP contribution in [-0.4, -0.2) is 9.97 Å².